The molecule has 0 aliphatic carbocycles. The summed E-state index contributed by atoms with van der Waals surface area (Å²) in [5, 5.41) is 21.7. The molecule has 0 rings (SSSR count). The molecule has 292 valence electrons. The fourth-order valence-electron chi connectivity index (χ4n) is 4.63. The molecule has 0 saturated carbocycles. The van der Waals surface area contributed by atoms with Crippen LogP contribution in [0.5, 0.6) is 0 Å². The normalized spacial score (nSPS) is 14.6. The number of allylic oxidation sites excluding steroid dienone is 10. The molecule has 0 aromatic rings. The number of phosphoric ester groups is 1. The van der Waals surface area contributed by atoms with Crippen molar-refractivity contribution >= 4 is 25.7 Å². The van der Waals surface area contributed by atoms with Gasteiger partial charge >= 0.3 is 19.8 Å². The Hall–Kier alpha value is -2.82. The Balaban J connectivity index is 4.06. The number of nitrogens with one attached hydrogen (secondary N) is 1. The van der Waals surface area contributed by atoms with Crippen LogP contribution in [0.3, 0.4) is 0 Å². The average molecular weight is 740 g/mol. The van der Waals surface area contributed by atoms with Gasteiger partial charge in [0.05, 0.1) is 13.2 Å². The number of ether oxygens (including phenoxy) is 1. The standard InChI is InChI=1S/C39H66NO10P/c1-3-5-7-9-11-13-14-15-16-17-18-19-20-21-22-23-24-26-28-30-37(42)40-36(39(44)45)34-50-51(46,47)49-33-35(41)32-48-38(43)31-29-27-25-12-10-8-6-4-2/h5,7,11,13,15-16,18-19,21-22,35-36,41H,3-4,6,8-10,12,14,17,20,23-34H2,1-2H3,(H,40,42)(H,44,45)(H,46,47)/b7-5-,13-11-,16-15-,19-18-,22-21-. The molecule has 3 unspecified atom stereocenters. The molecule has 12 heteroatoms. The number of unbranched alkanes of at least 4 members (excludes halogenated alkanes) is 10. The maximum atomic E-state index is 12.3. The minimum Gasteiger partial charge on any atom is -0.480 e. The third kappa shape index (κ3) is 34.1. The number of aliphatic hydroxyl groups excluding tert-OH is 1. The molecule has 51 heavy (non-hydrogen) atoms. The van der Waals surface area contributed by atoms with Gasteiger partial charge in [-0.25, -0.2) is 9.36 Å². The van der Waals surface area contributed by atoms with Crippen LogP contribution in [0.4, 0.5) is 0 Å². The van der Waals surface area contributed by atoms with Crippen molar-refractivity contribution in [2.45, 2.75) is 148 Å². The number of amides is 1. The van der Waals surface area contributed by atoms with Gasteiger partial charge in [-0.1, -0.05) is 126 Å². The van der Waals surface area contributed by atoms with E-state index in [-0.39, 0.29) is 12.8 Å². The number of phosphoric acid groups is 1. The number of carboxylic acids is 1. The third-order valence-electron chi connectivity index (χ3n) is 7.57. The lowest BCUT2D eigenvalue weighted by molar-refractivity contribution is -0.147. The first-order valence-electron chi connectivity index (χ1n) is 18.8. The van der Waals surface area contributed by atoms with Gasteiger partial charge in [0.25, 0.3) is 0 Å². The monoisotopic (exact) mass is 739 g/mol. The van der Waals surface area contributed by atoms with Crippen molar-refractivity contribution in [2.75, 3.05) is 19.8 Å². The Morgan fingerprint density at radius 1 is 0.647 bits per heavy atom. The van der Waals surface area contributed by atoms with E-state index in [2.05, 4.69) is 79.9 Å². The van der Waals surface area contributed by atoms with Crippen molar-refractivity contribution in [1.29, 1.82) is 0 Å². The Labute approximate surface area is 306 Å². The zero-order chi connectivity index (χ0) is 37.8. The molecule has 1 amide bonds. The van der Waals surface area contributed by atoms with Gasteiger partial charge in [-0.2, -0.15) is 0 Å². The number of carbonyl (C=O) groups excluding carboxylic acids is 2. The molecule has 0 aliphatic rings. The second kappa shape index (κ2) is 34.3. The molecule has 0 fully saturated rings. The molecule has 0 radical (unpaired) electrons. The summed E-state index contributed by atoms with van der Waals surface area (Å²) in [5.74, 6) is -2.43. The first-order chi connectivity index (χ1) is 24.6. The molecule has 4 N–H and O–H groups in total. The molecule has 11 nitrogen and oxygen atoms in total. The second-order valence-electron chi connectivity index (χ2n) is 12.4. The predicted octanol–water partition coefficient (Wildman–Crippen LogP) is 8.83. The van der Waals surface area contributed by atoms with Gasteiger partial charge in [0.1, 0.15) is 12.7 Å². The molecule has 0 bridgehead atoms. The summed E-state index contributed by atoms with van der Waals surface area (Å²) in [4.78, 5) is 45.6. The summed E-state index contributed by atoms with van der Waals surface area (Å²) in [6.45, 7) is 2.38. The minimum atomic E-state index is -4.76. The van der Waals surface area contributed by atoms with E-state index in [0.29, 0.717) is 12.8 Å². The van der Waals surface area contributed by atoms with Crippen molar-refractivity contribution in [3.8, 4) is 0 Å². The smallest absolute Gasteiger partial charge is 0.472 e. The van der Waals surface area contributed by atoms with Crippen LogP contribution in [0, 0.1) is 0 Å². The SMILES string of the molecule is CC/C=C\C/C=C\C/C=C\C/C=C\C/C=C\CCCCCC(=O)NC(COP(=O)(O)OCC(O)COC(=O)CCCCCCCCCC)C(=O)O. The first-order valence-corrected chi connectivity index (χ1v) is 20.3. The summed E-state index contributed by atoms with van der Waals surface area (Å²) in [6.07, 6.45) is 37.0. The van der Waals surface area contributed by atoms with E-state index in [4.69, 9.17) is 13.8 Å². The predicted molar refractivity (Wildman–Crippen MR) is 203 cm³/mol. The lowest BCUT2D eigenvalue weighted by Crippen LogP contribution is -2.43. The summed E-state index contributed by atoms with van der Waals surface area (Å²) in [7, 11) is -4.76. The molecule has 0 aromatic heterocycles. The van der Waals surface area contributed by atoms with E-state index >= 15 is 0 Å². The molecule has 0 aliphatic heterocycles. The van der Waals surface area contributed by atoms with E-state index in [0.717, 1.165) is 70.6 Å². The number of carboxylic acid groups (broad SMARTS) is 1. The van der Waals surface area contributed by atoms with Crippen LogP contribution in [0.2, 0.25) is 0 Å². The van der Waals surface area contributed by atoms with Crippen LogP contribution < -0.4 is 5.32 Å². The molecule has 3 atom stereocenters. The zero-order valence-corrected chi connectivity index (χ0v) is 32.0. The molecule has 0 heterocycles. The van der Waals surface area contributed by atoms with E-state index < -0.39 is 57.6 Å². The maximum absolute atomic E-state index is 12.3. The zero-order valence-electron chi connectivity index (χ0n) is 31.1. The number of hydrogen-bond acceptors (Lipinski definition) is 8. The number of aliphatic carboxylic acids is 1. The van der Waals surface area contributed by atoms with Crippen molar-refractivity contribution in [1.82, 2.24) is 5.32 Å². The van der Waals surface area contributed by atoms with Crippen LogP contribution in [0.15, 0.2) is 60.8 Å². The molecule has 0 spiro atoms. The number of carbonyl (C=O) groups is 3. The van der Waals surface area contributed by atoms with E-state index in [1.807, 2.05) is 0 Å². The average Bonchev–Trinajstić information content (AvgIpc) is 3.10. The molecular formula is C39H66NO10P. The highest BCUT2D eigenvalue weighted by Crippen LogP contribution is 2.43. The van der Waals surface area contributed by atoms with Crippen LogP contribution in [0.1, 0.15) is 136 Å². The largest absolute Gasteiger partial charge is 0.480 e. The Kier molecular flexibility index (Phi) is 32.4. The van der Waals surface area contributed by atoms with Gasteiger partial charge in [-0.3, -0.25) is 18.6 Å². The van der Waals surface area contributed by atoms with Gasteiger partial charge in [-0.15, -0.1) is 0 Å². The van der Waals surface area contributed by atoms with Gasteiger partial charge in [0.2, 0.25) is 5.91 Å². The lowest BCUT2D eigenvalue weighted by Gasteiger charge is -2.18. The number of aliphatic hydroxyl groups is 1. The highest BCUT2D eigenvalue weighted by atomic mass is 31.2. The van der Waals surface area contributed by atoms with E-state index in [1.165, 1.54) is 25.7 Å². The van der Waals surface area contributed by atoms with Crippen LogP contribution in [-0.4, -0.2) is 64.9 Å². The van der Waals surface area contributed by atoms with Gasteiger partial charge in [0.15, 0.2) is 6.04 Å². The maximum Gasteiger partial charge on any atom is 0.472 e. The number of rotatable bonds is 34. The van der Waals surface area contributed by atoms with Gasteiger partial charge < -0.3 is 25.2 Å². The summed E-state index contributed by atoms with van der Waals surface area (Å²) >= 11 is 0. The van der Waals surface area contributed by atoms with Gasteiger partial charge in [0, 0.05) is 12.8 Å². The molecule has 0 aromatic carbocycles. The minimum absolute atomic E-state index is 0.104. The fourth-order valence-corrected chi connectivity index (χ4v) is 5.41. The van der Waals surface area contributed by atoms with Crippen molar-refractivity contribution in [2.24, 2.45) is 0 Å². The van der Waals surface area contributed by atoms with E-state index in [1.54, 1.807) is 0 Å². The fraction of sp³-hybridized carbons (Fsp3) is 0.667. The highest BCUT2D eigenvalue weighted by molar-refractivity contribution is 7.47. The summed E-state index contributed by atoms with van der Waals surface area (Å²) in [5.41, 5.74) is 0. The molecule has 0 saturated heterocycles. The lowest BCUT2D eigenvalue weighted by atomic mass is 10.1. The topological polar surface area (TPSA) is 169 Å². The van der Waals surface area contributed by atoms with Gasteiger partial charge in [-0.05, 0) is 57.8 Å². The number of hydrogen-bond donors (Lipinski definition) is 4. The second-order valence-corrected chi connectivity index (χ2v) is 13.8. The first kappa shape index (κ1) is 48.2. The Morgan fingerprint density at radius 2 is 1.14 bits per heavy atom. The van der Waals surface area contributed by atoms with Crippen molar-refractivity contribution < 1.29 is 47.8 Å². The summed E-state index contributed by atoms with van der Waals surface area (Å²) in [6, 6.07) is -1.56. The third-order valence-corrected chi connectivity index (χ3v) is 8.52. The van der Waals surface area contributed by atoms with E-state index in [9.17, 15) is 34.1 Å². The van der Waals surface area contributed by atoms with Crippen molar-refractivity contribution in [3.05, 3.63) is 60.8 Å². The number of esters is 1. The Bertz CT molecular complexity index is 1100. The Morgan fingerprint density at radius 3 is 1.71 bits per heavy atom. The summed E-state index contributed by atoms with van der Waals surface area (Å²) < 4.78 is 26.6. The van der Waals surface area contributed by atoms with Crippen molar-refractivity contribution in [3.63, 3.8) is 0 Å². The van der Waals surface area contributed by atoms with Crippen LogP contribution in [-0.2, 0) is 32.7 Å². The highest BCUT2D eigenvalue weighted by Gasteiger charge is 2.28. The quantitative estimate of drug-likeness (QED) is 0.0217. The van der Waals surface area contributed by atoms with Crippen LogP contribution >= 0.6 is 7.82 Å². The molecular weight excluding hydrogens is 673 g/mol. The van der Waals surface area contributed by atoms with Crippen LogP contribution in [0.25, 0.3) is 0 Å².